The van der Waals surface area contributed by atoms with E-state index in [2.05, 4.69) is 15.3 Å². The number of hydrogen-bond acceptors (Lipinski definition) is 5. The minimum Gasteiger partial charge on any atom is -0.357 e. The number of aryl methyl sites for hydroxylation is 1. The van der Waals surface area contributed by atoms with Gasteiger partial charge in [-0.15, -0.1) is 35.3 Å². The molecule has 2 aromatic rings. The number of nitrogens with zero attached hydrogens (tertiary/aromatic N) is 4. The number of carbonyl (C=O) groups is 2. The van der Waals surface area contributed by atoms with Crippen molar-refractivity contribution in [1.29, 1.82) is 0 Å². The van der Waals surface area contributed by atoms with E-state index in [4.69, 9.17) is 0 Å². The molecule has 28 heavy (non-hydrogen) atoms. The Labute approximate surface area is 185 Å². The number of halogens is 1. The van der Waals surface area contributed by atoms with E-state index < -0.39 is 0 Å². The Kier molecular flexibility index (Phi) is 7.93. The van der Waals surface area contributed by atoms with Crippen molar-refractivity contribution in [3.63, 3.8) is 0 Å². The van der Waals surface area contributed by atoms with Crippen LogP contribution in [0.25, 0.3) is 0 Å². The predicted molar refractivity (Wildman–Crippen MR) is 122 cm³/mol. The van der Waals surface area contributed by atoms with Crippen LogP contribution >= 0.6 is 35.3 Å². The second-order valence-corrected chi connectivity index (χ2v) is 7.32. The minimum absolute atomic E-state index is 0. The molecule has 1 N–H and O–H groups in total. The lowest BCUT2D eigenvalue weighted by molar-refractivity contribution is 0.0659. The molecule has 0 spiro atoms. The van der Waals surface area contributed by atoms with E-state index >= 15 is 0 Å². The van der Waals surface area contributed by atoms with E-state index in [0.29, 0.717) is 24.2 Å². The van der Waals surface area contributed by atoms with Gasteiger partial charge in [-0.05, 0) is 26.0 Å². The highest BCUT2D eigenvalue weighted by Gasteiger charge is 2.34. The van der Waals surface area contributed by atoms with Gasteiger partial charge in [0.25, 0.3) is 11.8 Å². The van der Waals surface area contributed by atoms with Gasteiger partial charge in [-0.2, -0.15) is 0 Å². The summed E-state index contributed by atoms with van der Waals surface area (Å²) in [5.41, 5.74) is 1.93. The predicted octanol–water partition coefficient (Wildman–Crippen LogP) is 2.76. The highest BCUT2D eigenvalue weighted by atomic mass is 127. The first kappa shape index (κ1) is 22.3. The van der Waals surface area contributed by atoms with Crippen LogP contribution in [-0.4, -0.2) is 59.2 Å². The molecule has 1 aliphatic rings. The molecule has 0 unspecified atom stereocenters. The molecule has 1 aliphatic heterocycles. The first-order valence-electron chi connectivity index (χ1n) is 8.87. The minimum atomic E-state index is -0.248. The van der Waals surface area contributed by atoms with Gasteiger partial charge in [0, 0.05) is 25.5 Å². The first-order valence-corrected chi connectivity index (χ1v) is 9.75. The Bertz CT molecular complexity index is 848. The Morgan fingerprint density at radius 1 is 1.25 bits per heavy atom. The number of rotatable bonds is 6. The molecule has 2 amide bonds. The van der Waals surface area contributed by atoms with E-state index in [1.54, 1.807) is 35.6 Å². The van der Waals surface area contributed by atoms with E-state index in [1.807, 2.05) is 31.2 Å². The van der Waals surface area contributed by atoms with Crippen molar-refractivity contribution >= 4 is 53.1 Å². The second kappa shape index (κ2) is 9.97. The van der Waals surface area contributed by atoms with Gasteiger partial charge in [-0.1, -0.05) is 12.1 Å². The molecule has 150 valence electrons. The quantitative estimate of drug-likeness (QED) is 0.278. The Morgan fingerprint density at radius 3 is 2.43 bits per heavy atom. The summed E-state index contributed by atoms with van der Waals surface area (Å²) in [7, 11) is 1.94. The molecular weight excluding hydrogens is 489 g/mol. The van der Waals surface area contributed by atoms with Gasteiger partial charge < -0.3 is 10.2 Å². The molecule has 0 saturated carbocycles. The van der Waals surface area contributed by atoms with Crippen molar-refractivity contribution in [2.75, 3.05) is 26.7 Å². The average molecular weight is 513 g/mol. The third-order valence-corrected chi connectivity index (χ3v) is 5.05. The number of nitrogens with one attached hydrogen (secondary N) is 1. The molecule has 0 bridgehead atoms. The molecule has 0 atom stereocenters. The van der Waals surface area contributed by atoms with E-state index in [1.165, 1.54) is 4.90 Å². The van der Waals surface area contributed by atoms with Gasteiger partial charge in [0.1, 0.15) is 0 Å². The number of hydrogen-bond donors (Lipinski definition) is 1. The zero-order valence-electron chi connectivity index (χ0n) is 16.1. The lowest BCUT2D eigenvalue weighted by atomic mass is 10.1. The van der Waals surface area contributed by atoms with Crippen molar-refractivity contribution < 1.29 is 9.59 Å². The number of amides is 2. The number of aliphatic imine (C=N–C) groups is 1. The van der Waals surface area contributed by atoms with Gasteiger partial charge in [0.15, 0.2) is 5.96 Å². The molecule has 0 saturated heterocycles. The van der Waals surface area contributed by atoms with Crippen molar-refractivity contribution in [2.24, 2.45) is 4.99 Å². The number of carbonyl (C=O) groups excluding carboxylic acids is 2. The van der Waals surface area contributed by atoms with Crippen LogP contribution in [0.1, 0.15) is 38.3 Å². The normalized spacial score (nSPS) is 13.4. The zero-order valence-corrected chi connectivity index (χ0v) is 19.3. The van der Waals surface area contributed by atoms with E-state index in [-0.39, 0.29) is 42.3 Å². The molecule has 0 aliphatic carbocycles. The molecule has 2 heterocycles. The van der Waals surface area contributed by atoms with E-state index in [9.17, 15) is 9.59 Å². The molecular formula is C19H24IN5O2S. The summed E-state index contributed by atoms with van der Waals surface area (Å²) < 4.78 is 0. The number of thiazole rings is 1. The second-order valence-electron chi connectivity index (χ2n) is 6.26. The number of guanidine groups is 1. The van der Waals surface area contributed by atoms with Crippen LogP contribution in [0.5, 0.6) is 0 Å². The lowest BCUT2D eigenvalue weighted by Gasteiger charge is -2.21. The fourth-order valence-electron chi connectivity index (χ4n) is 2.97. The number of fused-ring (bicyclic) bond motifs is 1. The molecule has 0 fully saturated rings. The number of imide groups is 1. The SMILES string of the molecule is CCNC(=NCCN1C(=O)c2ccccc2C1=O)N(C)Cc1csc(C)n1.I. The summed E-state index contributed by atoms with van der Waals surface area (Å²) in [5.74, 6) is 0.226. The monoisotopic (exact) mass is 513 g/mol. The Hall–Kier alpha value is -2.01. The standard InChI is InChI=1S/C19H23N5O2S.HI/c1-4-20-19(23(3)11-14-12-27-13(2)22-14)21-9-10-24-17(25)15-7-5-6-8-16(15)18(24)26;/h5-8,12H,4,9-11H2,1-3H3,(H,20,21);1H. The highest BCUT2D eigenvalue weighted by molar-refractivity contribution is 14.0. The van der Waals surface area contributed by atoms with E-state index in [0.717, 1.165) is 23.2 Å². The number of benzene rings is 1. The Morgan fingerprint density at radius 2 is 1.89 bits per heavy atom. The third kappa shape index (κ3) is 4.88. The number of aromatic nitrogens is 1. The topological polar surface area (TPSA) is 77.9 Å². The lowest BCUT2D eigenvalue weighted by Crippen LogP contribution is -2.39. The fourth-order valence-corrected chi connectivity index (χ4v) is 3.57. The van der Waals surface area contributed by atoms with Gasteiger partial charge in [0.05, 0.1) is 34.9 Å². The van der Waals surface area contributed by atoms with Crippen LogP contribution < -0.4 is 5.32 Å². The van der Waals surface area contributed by atoms with Crippen molar-refractivity contribution in [2.45, 2.75) is 20.4 Å². The van der Waals surface area contributed by atoms with Gasteiger partial charge in [-0.3, -0.25) is 19.5 Å². The largest absolute Gasteiger partial charge is 0.357 e. The summed E-state index contributed by atoms with van der Waals surface area (Å²) in [6.07, 6.45) is 0. The fraction of sp³-hybridized carbons (Fsp3) is 0.368. The molecule has 7 nitrogen and oxygen atoms in total. The van der Waals surface area contributed by atoms with Gasteiger partial charge in [0.2, 0.25) is 0 Å². The van der Waals surface area contributed by atoms with Crippen molar-refractivity contribution in [3.8, 4) is 0 Å². The molecule has 3 rings (SSSR count). The average Bonchev–Trinajstić information content (AvgIpc) is 3.17. The van der Waals surface area contributed by atoms with Crippen molar-refractivity contribution in [1.82, 2.24) is 20.1 Å². The third-order valence-electron chi connectivity index (χ3n) is 4.23. The first-order chi connectivity index (χ1) is 13.0. The Balaban J connectivity index is 0.00000280. The maximum Gasteiger partial charge on any atom is 0.261 e. The van der Waals surface area contributed by atoms with Crippen LogP contribution in [0.4, 0.5) is 0 Å². The van der Waals surface area contributed by atoms with Crippen LogP contribution in [0.2, 0.25) is 0 Å². The van der Waals surface area contributed by atoms with Gasteiger partial charge in [-0.25, -0.2) is 4.98 Å². The smallest absolute Gasteiger partial charge is 0.261 e. The summed E-state index contributed by atoms with van der Waals surface area (Å²) in [4.78, 5) is 37.1. The van der Waals surface area contributed by atoms with Crippen molar-refractivity contribution in [3.05, 3.63) is 51.5 Å². The highest BCUT2D eigenvalue weighted by Crippen LogP contribution is 2.21. The van der Waals surface area contributed by atoms with Crippen LogP contribution in [0.15, 0.2) is 34.6 Å². The van der Waals surface area contributed by atoms with Gasteiger partial charge >= 0.3 is 0 Å². The summed E-state index contributed by atoms with van der Waals surface area (Å²) >= 11 is 1.62. The van der Waals surface area contributed by atoms with Crippen LogP contribution in [-0.2, 0) is 6.54 Å². The maximum atomic E-state index is 12.4. The summed E-state index contributed by atoms with van der Waals surface area (Å²) in [6.45, 7) is 5.95. The molecule has 9 heteroatoms. The molecule has 0 radical (unpaired) electrons. The molecule has 1 aromatic heterocycles. The summed E-state index contributed by atoms with van der Waals surface area (Å²) in [5, 5.41) is 6.31. The van der Waals surface area contributed by atoms with Crippen LogP contribution in [0.3, 0.4) is 0 Å². The zero-order chi connectivity index (χ0) is 19.4. The van der Waals surface area contributed by atoms with Crippen LogP contribution in [0, 0.1) is 6.92 Å². The maximum absolute atomic E-state index is 12.4. The molecule has 1 aromatic carbocycles. The summed E-state index contributed by atoms with van der Waals surface area (Å²) in [6, 6.07) is 6.91.